The lowest BCUT2D eigenvalue weighted by Gasteiger charge is -2.01. The van der Waals surface area contributed by atoms with Gasteiger partial charge in [0.25, 0.3) is 0 Å². The van der Waals surface area contributed by atoms with Gasteiger partial charge in [-0.15, -0.1) is 0 Å². The highest BCUT2D eigenvalue weighted by atomic mass is 14.0. The highest BCUT2D eigenvalue weighted by molar-refractivity contribution is 4.81. The third-order valence-electron chi connectivity index (χ3n) is 3.46. The fourth-order valence-corrected chi connectivity index (χ4v) is 2.20. The first-order valence-corrected chi connectivity index (χ1v) is 8.38. The van der Waals surface area contributed by atoms with Crippen LogP contribution >= 0.6 is 0 Å². The van der Waals surface area contributed by atoms with Crippen LogP contribution in [0, 0.1) is 6.42 Å². The van der Waals surface area contributed by atoms with Crippen LogP contribution in [-0.4, -0.2) is 0 Å². The number of hydrogen-bond donors (Lipinski definition) is 0. The van der Waals surface area contributed by atoms with Crippen molar-refractivity contribution in [3.05, 3.63) is 18.6 Å². The Morgan fingerprint density at radius 3 is 1.61 bits per heavy atom. The number of allylic oxidation sites excluding steroid dienone is 2. The zero-order valence-electron chi connectivity index (χ0n) is 12.9. The summed E-state index contributed by atoms with van der Waals surface area (Å²) < 4.78 is 0. The summed E-state index contributed by atoms with van der Waals surface area (Å²) in [6.45, 7) is 4.49. The van der Waals surface area contributed by atoms with Crippen LogP contribution in [-0.2, 0) is 0 Å². The third kappa shape index (κ3) is 15.7. The molecule has 0 amide bonds. The van der Waals surface area contributed by atoms with Crippen molar-refractivity contribution in [2.75, 3.05) is 0 Å². The summed E-state index contributed by atoms with van der Waals surface area (Å²) in [7, 11) is 0. The Morgan fingerprint density at radius 2 is 1.06 bits per heavy atom. The number of rotatable bonds is 14. The lowest BCUT2D eigenvalue weighted by atomic mass is 10.1. The summed E-state index contributed by atoms with van der Waals surface area (Å²) in [6.07, 6.45) is 25.0. The highest BCUT2D eigenvalue weighted by Gasteiger charge is 1.91. The SMILES string of the molecule is CC[CH]CCCCCCCCC/C=C\CCCC. The summed E-state index contributed by atoms with van der Waals surface area (Å²) in [6, 6.07) is 0. The van der Waals surface area contributed by atoms with E-state index in [1.54, 1.807) is 0 Å². The molecule has 1 radical (unpaired) electrons. The van der Waals surface area contributed by atoms with Crippen molar-refractivity contribution >= 4 is 0 Å². The van der Waals surface area contributed by atoms with Crippen LogP contribution in [0.3, 0.4) is 0 Å². The molecule has 0 aliphatic carbocycles. The minimum atomic E-state index is 1.24. The molecule has 0 fully saturated rings. The maximum atomic E-state index is 2.41. The lowest BCUT2D eigenvalue weighted by Crippen LogP contribution is -1.81. The molecule has 107 valence electrons. The molecule has 0 heterocycles. The Labute approximate surface area is 116 Å². The molecule has 0 aromatic carbocycles. The zero-order chi connectivity index (χ0) is 13.3. The summed E-state index contributed by atoms with van der Waals surface area (Å²) in [4.78, 5) is 0. The summed E-state index contributed by atoms with van der Waals surface area (Å²) in [5.41, 5.74) is 0. The van der Waals surface area contributed by atoms with Gasteiger partial charge in [0.15, 0.2) is 0 Å². The van der Waals surface area contributed by atoms with Gasteiger partial charge in [-0.3, -0.25) is 0 Å². The molecule has 0 spiro atoms. The smallest absolute Gasteiger partial charge is 0.0351 e. The van der Waals surface area contributed by atoms with Gasteiger partial charge in [-0.05, 0) is 25.7 Å². The highest BCUT2D eigenvalue weighted by Crippen LogP contribution is 2.11. The van der Waals surface area contributed by atoms with Crippen molar-refractivity contribution in [1.82, 2.24) is 0 Å². The van der Waals surface area contributed by atoms with Crippen molar-refractivity contribution in [2.24, 2.45) is 0 Å². The Bertz CT molecular complexity index is 157. The molecule has 0 atom stereocenters. The van der Waals surface area contributed by atoms with Crippen molar-refractivity contribution in [3.8, 4) is 0 Å². The minimum absolute atomic E-state index is 1.24. The molecule has 0 rings (SSSR count). The third-order valence-corrected chi connectivity index (χ3v) is 3.46. The Morgan fingerprint density at radius 1 is 0.556 bits per heavy atom. The lowest BCUT2D eigenvalue weighted by molar-refractivity contribution is 0.578. The standard InChI is InChI=1S/C18H35/c1-3-5-7-9-11-13-15-17-18-16-14-12-10-8-6-4-2/h5,10,12H,3-4,6-9,11,13-18H2,1-2H3/b12-10-. The molecule has 18 heavy (non-hydrogen) atoms. The van der Waals surface area contributed by atoms with Crippen LogP contribution in [0.2, 0.25) is 0 Å². The van der Waals surface area contributed by atoms with Gasteiger partial charge in [0.05, 0.1) is 0 Å². The Kier molecular flexibility index (Phi) is 16.5. The van der Waals surface area contributed by atoms with Crippen molar-refractivity contribution in [2.45, 2.75) is 97.3 Å². The quantitative estimate of drug-likeness (QED) is 0.234. The van der Waals surface area contributed by atoms with Crippen LogP contribution in [0.5, 0.6) is 0 Å². The van der Waals surface area contributed by atoms with E-state index in [1.165, 1.54) is 83.5 Å². The predicted octanol–water partition coefficient (Wildman–Crippen LogP) is 6.86. The first kappa shape index (κ1) is 17.7. The monoisotopic (exact) mass is 251 g/mol. The van der Waals surface area contributed by atoms with Crippen LogP contribution in [0.4, 0.5) is 0 Å². The fourth-order valence-electron chi connectivity index (χ4n) is 2.20. The van der Waals surface area contributed by atoms with E-state index in [0.717, 1.165) is 0 Å². The van der Waals surface area contributed by atoms with Gasteiger partial charge in [0.2, 0.25) is 0 Å². The van der Waals surface area contributed by atoms with Gasteiger partial charge >= 0.3 is 0 Å². The fraction of sp³-hybridized carbons (Fsp3) is 0.833. The summed E-state index contributed by atoms with van der Waals surface area (Å²) >= 11 is 0. The predicted molar refractivity (Wildman–Crippen MR) is 84.8 cm³/mol. The van der Waals surface area contributed by atoms with Crippen LogP contribution in [0.25, 0.3) is 0 Å². The van der Waals surface area contributed by atoms with E-state index in [1.807, 2.05) is 0 Å². The van der Waals surface area contributed by atoms with Crippen LogP contribution in [0.1, 0.15) is 97.3 Å². The first-order chi connectivity index (χ1) is 8.91. The molecule has 0 aliphatic heterocycles. The average molecular weight is 251 g/mol. The molecule has 0 unspecified atom stereocenters. The normalized spacial score (nSPS) is 11.4. The molecule has 0 saturated heterocycles. The molecule has 0 aliphatic rings. The molecule has 0 bridgehead atoms. The largest absolute Gasteiger partial charge is 0.0885 e. The number of unbranched alkanes of at least 4 members (excludes halogenated alkanes) is 12. The van der Waals surface area contributed by atoms with E-state index in [4.69, 9.17) is 0 Å². The van der Waals surface area contributed by atoms with Gasteiger partial charge in [-0.1, -0.05) is 90.2 Å². The first-order valence-electron chi connectivity index (χ1n) is 8.38. The molecule has 0 N–H and O–H groups in total. The van der Waals surface area contributed by atoms with Crippen LogP contribution in [0.15, 0.2) is 12.2 Å². The molecule has 0 saturated carbocycles. The maximum absolute atomic E-state index is 2.41. The second kappa shape index (κ2) is 16.7. The van der Waals surface area contributed by atoms with E-state index < -0.39 is 0 Å². The van der Waals surface area contributed by atoms with Gasteiger partial charge in [-0.2, -0.15) is 0 Å². The summed E-state index contributed by atoms with van der Waals surface area (Å²) in [5.74, 6) is 0. The minimum Gasteiger partial charge on any atom is -0.0885 e. The van der Waals surface area contributed by atoms with Gasteiger partial charge in [0.1, 0.15) is 0 Å². The van der Waals surface area contributed by atoms with Crippen molar-refractivity contribution in [3.63, 3.8) is 0 Å². The van der Waals surface area contributed by atoms with E-state index in [9.17, 15) is 0 Å². The zero-order valence-corrected chi connectivity index (χ0v) is 12.9. The number of hydrogen-bond acceptors (Lipinski definition) is 0. The van der Waals surface area contributed by atoms with Crippen LogP contribution < -0.4 is 0 Å². The molecule has 0 nitrogen and oxygen atoms in total. The second-order valence-corrected chi connectivity index (χ2v) is 5.36. The van der Waals surface area contributed by atoms with E-state index >= 15 is 0 Å². The van der Waals surface area contributed by atoms with Gasteiger partial charge in [-0.25, -0.2) is 0 Å². The second-order valence-electron chi connectivity index (χ2n) is 5.36. The topological polar surface area (TPSA) is 0 Å². The van der Waals surface area contributed by atoms with Crippen molar-refractivity contribution in [1.29, 1.82) is 0 Å². The Balaban J connectivity index is 2.96. The average Bonchev–Trinajstić information content (AvgIpc) is 2.39. The van der Waals surface area contributed by atoms with E-state index in [2.05, 4.69) is 32.4 Å². The van der Waals surface area contributed by atoms with Crippen molar-refractivity contribution < 1.29 is 0 Å². The van der Waals surface area contributed by atoms with Gasteiger partial charge < -0.3 is 0 Å². The van der Waals surface area contributed by atoms with E-state index in [-0.39, 0.29) is 0 Å². The molecular formula is C18H35. The molecule has 0 heteroatoms. The molecule has 0 aromatic heterocycles. The molecular weight excluding hydrogens is 216 g/mol. The summed E-state index contributed by atoms with van der Waals surface area (Å²) in [5, 5.41) is 0. The van der Waals surface area contributed by atoms with E-state index in [0.29, 0.717) is 0 Å². The molecule has 0 aromatic rings. The van der Waals surface area contributed by atoms with Gasteiger partial charge in [0, 0.05) is 0 Å². The maximum Gasteiger partial charge on any atom is -0.0351 e. The Hall–Kier alpha value is -0.260.